The number of anilines is 1. The Morgan fingerprint density at radius 3 is 2.39 bits per heavy atom. The summed E-state index contributed by atoms with van der Waals surface area (Å²) < 4.78 is 11.1. The number of para-hydroxylation sites is 1. The topological polar surface area (TPSA) is 88.7 Å². The lowest BCUT2D eigenvalue weighted by atomic mass is 9.74. The molecule has 0 aliphatic carbocycles. The maximum Gasteiger partial charge on any atom is 0.319 e. The summed E-state index contributed by atoms with van der Waals surface area (Å²) in [5.41, 5.74) is 1.73. The molecule has 1 aliphatic heterocycles. The van der Waals surface area contributed by atoms with Crippen LogP contribution in [-0.4, -0.2) is 44.8 Å². The van der Waals surface area contributed by atoms with E-state index in [9.17, 15) is 9.59 Å². The molecule has 1 heterocycles. The largest absolute Gasteiger partial charge is 0.494 e. The fourth-order valence-electron chi connectivity index (χ4n) is 3.74. The minimum absolute atomic E-state index is 0.0863. The Morgan fingerprint density at radius 2 is 1.71 bits per heavy atom. The summed E-state index contributed by atoms with van der Waals surface area (Å²) in [5.74, 6) is 0.758. The first kappa shape index (κ1) is 22.6. The number of ether oxygens (including phenoxy) is 2. The van der Waals surface area contributed by atoms with E-state index in [0.29, 0.717) is 32.1 Å². The summed E-state index contributed by atoms with van der Waals surface area (Å²) in [6.07, 6.45) is 1.91. The fraction of sp³-hybridized carbons (Fsp3) is 0.417. The van der Waals surface area contributed by atoms with Gasteiger partial charge in [-0.25, -0.2) is 4.79 Å². The second-order valence-corrected chi connectivity index (χ2v) is 7.62. The molecule has 2 aromatic rings. The van der Waals surface area contributed by atoms with E-state index in [4.69, 9.17) is 9.47 Å². The first-order valence-corrected chi connectivity index (χ1v) is 10.8. The number of carbonyl (C=O) groups is 2. The summed E-state index contributed by atoms with van der Waals surface area (Å²) in [6, 6.07) is 17.0. The van der Waals surface area contributed by atoms with Crippen molar-refractivity contribution < 1.29 is 19.1 Å². The third-order valence-corrected chi connectivity index (χ3v) is 5.52. The summed E-state index contributed by atoms with van der Waals surface area (Å²) in [4.78, 5) is 24.3. The molecule has 1 aliphatic rings. The zero-order valence-corrected chi connectivity index (χ0v) is 18.0. The Hall–Kier alpha value is -3.06. The Bertz CT molecular complexity index is 834. The van der Waals surface area contributed by atoms with Gasteiger partial charge in [0.2, 0.25) is 5.91 Å². The van der Waals surface area contributed by atoms with Crippen LogP contribution in [0.25, 0.3) is 0 Å². The van der Waals surface area contributed by atoms with Gasteiger partial charge in [0.25, 0.3) is 0 Å². The number of benzene rings is 2. The fourth-order valence-corrected chi connectivity index (χ4v) is 3.74. The molecule has 7 heteroatoms. The van der Waals surface area contributed by atoms with Crippen LogP contribution in [0.5, 0.6) is 5.75 Å². The molecule has 0 spiro atoms. The number of rotatable bonds is 9. The Morgan fingerprint density at radius 1 is 1.00 bits per heavy atom. The smallest absolute Gasteiger partial charge is 0.319 e. The molecule has 0 radical (unpaired) electrons. The van der Waals surface area contributed by atoms with Crippen LogP contribution >= 0.6 is 0 Å². The molecule has 0 saturated carbocycles. The third-order valence-electron chi connectivity index (χ3n) is 5.52. The minimum Gasteiger partial charge on any atom is -0.494 e. The second-order valence-electron chi connectivity index (χ2n) is 7.62. The van der Waals surface area contributed by atoms with E-state index in [-0.39, 0.29) is 30.3 Å². The van der Waals surface area contributed by atoms with Crippen molar-refractivity contribution >= 4 is 17.6 Å². The van der Waals surface area contributed by atoms with Gasteiger partial charge in [-0.2, -0.15) is 0 Å². The van der Waals surface area contributed by atoms with Gasteiger partial charge in [0, 0.05) is 43.8 Å². The lowest BCUT2D eigenvalue weighted by Gasteiger charge is -2.38. The van der Waals surface area contributed by atoms with Crippen LogP contribution < -0.4 is 20.7 Å². The van der Waals surface area contributed by atoms with E-state index < -0.39 is 0 Å². The van der Waals surface area contributed by atoms with Crippen molar-refractivity contribution in [3.63, 3.8) is 0 Å². The van der Waals surface area contributed by atoms with Crippen molar-refractivity contribution in [2.24, 2.45) is 0 Å². The predicted molar refractivity (Wildman–Crippen MR) is 120 cm³/mol. The van der Waals surface area contributed by atoms with Crippen molar-refractivity contribution in [1.29, 1.82) is 0 Å². The molecule has 0 aromatic heterocycles. The molecule has 3 amide bonds. The van der Waals surface area contributed by atoms with Gasteiger partial charge < -0.3 is 25.4 Å². The molecular weight excluding hydrogens is 394 g/mol. The van der Waals surface area contributed by atoms with Crippen LogP contribution in [0.4, 0.5) is 10.5 Å². The Labute approximate surface area is 183 Å². The molecule has 3 rings (SSSR count). The van der Waals surface area contributed by atoms with Gasteiger partial charge in [0.05, 0.1) is 6.61 Å². The minimum atomic E-state index is -0.325. The van der Waals surface area contributed by atoms with Crippen molar-refractivity contribution in [2.75, 3.05) is 38.2 Å². The van der Waals surface area contributed by atoms with Crippen LogP contribution in [0.2, 0.25) is 0 Å². The number of carbonyl (C=O) groups excluding carboxylic acids is 2. The highest BCUT2D eigenvalue weighted by Gasteiger charge is 2.34. The summed E-state index contributed by atoms with van der Waals surface area (Å²) in [6.45, 7) is 4.74. The quantitative estimate of drug-likeness (QED) is 0.574. The summed E-state index contributed by atoms with van der Waals surface area (Å²) in [5, 5.41) is 8.51. The number of amides is 3. The monoisotopic (exact) mass is 425 g/mol. The lowest BCUT2D eigenvalue weighted by molar-refractivity contribution is -0.121. The van der Waals surface area contributed by atoms with Crippen LogP contribution in [-0.2, 0) is 14.9 Å². The van der Waals surface area contributed by atoms with Crippen molar-refractivity contribution in [1.82, 2.24) is 10.6 Å². The van der Waals surface area contributed by atoms with E-state index in [1.807, 2.05) is 37.3 Å². The van der Waals surface area contributed by atoms with Crippen molar-refractivity contribution in [3.8, 4) is 5.75 Å². The van der Waals surface area contributed by atoms with E-state index >= 15 is 0 Å². The van der Waals surface area contributed by atoms with Crippen LogP contribution in [0.3, 0.4) is 0 Å². The number of urea groups is 1. The van der Waals surface area contributed by atoms with Crippen molar-refractivity contribution in [3.05, 3.63) is 60.2 Å². The zero-order valence-electron chi connectivity index (χ0n) is 18.0. The van der Waals surface area contributed by atoms with Gasteiger partial charge in [-0.15, -0.1) is 0 Å². The number of hydrogen-bond donors (Lipinski definition) is 3. The third kappa shape index (κ3) is 6.72. The average Bonchev–Trinajstić information content (AvgIpc) is 2.80. The molecule has 7 nitrogen and oxygen atoms in total. The van der Waals surface area contributed by atoms with Gasteiger partial charge in [0.1, 0.15) is 5.75 Å². The van der Waals surface area contributed by atoms with Gasteiger partial charge in [-0.05, 0) is 49.6 Å². The van der Waals surface area contributed by atoms with E-state index in [1.165, 1.54) is 5.56 Å². The van der Waals surface area contributed by atoms with Crippen LogP contribution in [0.15, 0.2) is 54.6 Å². The van der Waals surface area contributed by atoms with Crippen LogP contribution in [0.1, 0.15) is 31.7 Å². The molecule has 166 valence electrons. The second kappa shape index (κ2) is 11.4. The van der Waals surface area contributed by atoms with E-state index in [2.05, 4.69) is 28.1 Å². The Kier molecular flexibility index (Phi) is 8.29. The highest BCUT2D eigenvalue weighted by molar-refractivity contribution is 5.89. The molecular formula is C24H31N3O4. The van der Waals surface area contributed by atoms with Gasteiger partial charge in [-0.3, -0.25) is 4.79 Å². The molecule has 0 atom stereocenters. The maximum atomic E-state index is 12.4. The highest BCUT2D eigenvalue weighted by atomic mass is 16.5. The van der Waals surface area contributed by atoms with Crippen LogP contribution in [0, 0.1) is 0 Å². The van der Waals surface area contributed by atoms with Gasteiger partial charge in [0.15, 0.2) is 0 Å². The normalized spacial score (nSPS) is 15.0. The standard InChI is InChI=1S/C24H31N3O4/c1-2-31-21-10-8-19(9-11-21)24(13-16-30-17-14-24)18-26-22(28)12-15-25-23(29)27-20-6-4-3-5-7-20/h3-11H,2,12-18H2,1H3,(H,26,28)(H2,25,27,29). The molecule has 0 bridgehead atoms. The molecule has 2 aromatic carbocycles. The number of hydrogen-bond acceptors (Lipinski definition) is 4. The van der Waals surface area contributed by atoms with Crippen molar-refractivity contribution in [2.45, 2.75) is 31.6 Å². The Balaban J connectivity index is 1.48. The molecule has 0 unspecified atom stereocenters. The zero-order chi connectivity index (χ0) is 21.9. The predicted octanol–water partition coefficient (Wildman–Crippen LogP) is 3.46. The first-order chi connectivity index (χ1) is 15.1. The van der Waals surface area contributed by atoms with E-state index in [1.54, 1.807) is 12.1 Å². The molecule has 31 heavy (non-hydrogen) atoms. The molecule has 3 N–H and O–H groups in total. The highest BCUT2D eigenvalue weighted by Crippen LogP contribution is 2.35. The van der Waals surface area contributed by atoms with Gasteiger partial charge >= 0.3 is 6.03 Å². The average molecular weight is 426 g/mol. The lowest BCUT2D eigenvalue weighted by Crippen LogP contribution is -2.45. The molecule has 1 saturated heterocycles. The first-order valence-electron chi connectivity index (χ1n) is 10.8. The molecule has 1 fully saturated rings. The SMILES string of the molecule is CCOc1ccc(C2(CNC(=O)CCNC(=O)Nc3ccccc3)CCOCC2)cc1. The van der Waals surface area contributed by atoms with Gasteiger partial charge in [-0.1, -0.05) is 30.3 Å². The number of nitrogens with one attached hydrogen (secondary N) is 3. The van der Waals surface area contributed by atoms with E-state index in [0.717, 1.165) is 18.6 Å². The maximum absolute atomic E-state index is 12.4. The summed E-state index contributed by atoms with van der Waals surface area (Å²) in [7, 11) is 0. The summed E-state index contributed by atoms with van der Waals surface area (Å²) >= 11 is 0.